The van der Waals surface area contributed by atoms with E-state index in [0.29, 0.717) is 0 Å². The lowest BCUT2D eigenvalue weighted by atomic mass is 10.2. The number of nitrogens with zero attached hydrogens (tertiary/aromatic N) is 1. The predicted octanol–water partition coefficient (Wildman–Crippen LogP) is 1.60. The van der Waals surface area contributed by atoms with Crippen LogP contribution in [0.15, 0.2) is 28.3 Å². The molecule has 0 radical (unpaired) electrons. The van der Waals surface area contributed by atoms with Crippen molar-refractivity contribution in [2.45, 2.75) is 4.90 Å². The molecule has 0 fully saturated rings. The maximum Gasteiger partial charge on any atom is 0.178 e. The van der Waals surface area contributed by atoms with Gasteiger partial charge in [0.15, 0.2) is 15.0 Å². The van der Waals surface area contributed by atoms with Gasteiger partial charge in [0.1, 0.15) is 5.82 Å². The average molecular weight is 252 g/mol. The molecule has 0 aromatic heterocycles. The van der Waals surface area contributed by atoms with Crippen molar-refractivity contribution in [2.75, 3.05) is 6.26 Å². The highest BCUT2D eigenvalue weighted by Crippen LogP contribution is 2.16. The van der Waals surface area contributed by atoms with Crippen molar-refractivity contribution in [2.24, 2.45) is 5.16 Å². The van der Waals surface area contributed by atoms with Gasteiger partial charge in [0, 0.05) is 6.26 Å². The van der Waals surface area contributed by atoms with E-state index in [4.69, 9.17) is 16.8 Å². The Morgan fingerprint density at radius 2 is 2.13 bits per heavy atom. The molecule has 0 heterocycles. The number of hydrogen-bond donors (Lipinski definition) is 1. The van der Waals surface area contributed by atoms with Crippen LogP contribution in [0.2, 0.25) is 0 Å². The Kier molecular flexibility index (Phi) is 3.31. The Morgan fingerprint density at radius 1 is 1.53 bits per heavy atom. The van der Waals surface area contributed by atoms with E-state index >= 15 is 0 Å². The second-order valence-electron chi connectivity index (χ2n) is 2.80. The zero-order chi connectivity index (χ0) is 11.6. The van der Waals surface area contributed by atoms with Crippen LogP contribution in [0.3, 0.4) is 0 Å². The zero-order valence-corrected chi connectivity index (χ0v) is 9.18. The molecule has 1 N–H and O–H groups in total. The van der Waals surface area contributed by atoms with Gasteiger partial charge in [0.25, 0.3) is 0 Å². The SMILES string of the molecule is CS(=O)(=O)c1ccc(/C(Cl)=N\O)c(F)c1. The van der Waals surface area contributed by atoms with Crippen molar-refractivity contribution < 1.29 is 18.0 Å². The Labute approximate surface area is 90.9 Å². The highest BCUT2D eigenvalue weighted by molar-refractivity contribution is 7.90. The lowest BCUT2D eigenvalue weighted by molar-refractivity contribution is 0.320. The molecule has 1 rings (SSSR count). The molecule has 0 unspecified atom stereocenters. The lowest BCUT2D eigenvalue weighted by Gasteiger charge is -2.02. The second-order valence-corrected chi connectivity index (χ2v) is 5.18. The third-order valence-corrected chi connectivity index (χ3v) is 3.07. The molecule has 0 atom stereocenters. The van der Waals surface area contributed by atoms with Crippen molar-refractivity contribution in [3.05, 3.63) is 29.6 Å². The quantitative estimate of drug-likeness (QED) is 0.493. The molecule has 1 aromatic carbocycles. The summed E-state index contributed by atoms with van der Waals surface area (Å²) in [6.45, 7) is 0. The molecule has 0 aliphatic rings. The number of rotatable bonds is 2. The van der Waals surface area contributed by atoms with Gasteiger partial charge in [0.05, 0.1) is 10.5 Å². The van der Waals surface area contributed by atoms with Gasteiger partial charge in [0.2, 0.25) is 0 Å². The number of halogens is 2. The largest absolute Gasteiger partial charge is 0.410 e. The van der Waals surface area contributed by atoms with Gasteiger partial charge in [-0.25, -0.2) is 12.8 Å². The number of hydrogen-bond acceptors (Lipinski definition) is 4. The molecule has 7 heteroatoms. The molecule has 0 bridgehead atoms. The van der Waals surface area contributed by atoms with Crippen LogP contribution in [-0.2, 0) is 9.84 Å². The van der Waals surface area contributed by atoms with Gasteiger partial charge in [-0.05, 0) is 18.2 Å². The van der Waals surface area contributed by atoms with Gasteiger partial charge >= 0.3 is 0 Å². The fraction of sp³-hybridized carbons (Fsp3) is 0.125. The van der Waals surface area contributed by atoms with E-state index in [1.807, 2.05) is 0 Å². The minimum absolute atomic E-state index is 0.161. The number of sulfone groups is 1. The highest BCUT2D eigenvalue weighted by atomic mass is 35.5. The Morgan fingerprint density at radius 3 is 2.53 bits per heavy atom. The van der Waals surface area contributed by atoms with Crippen molar-refractivity contribution in [1.82, 2.24) is 0 Å². The van der Waals surface area contributed by atoms with Gasteiger partial charge in [-0.15, -0.1) is 0 Å². The molecule has 0 aliphatic carbocycles. The molecule has 0 amide bonds. The van der Waals surface area contributed by atoms with Crippen LogP contribution in [0, 0.1) is 5.82 Å². The minimum atomic E-state index is -3.46. The molecule has 1 aromatic rings. The molecular weight excluding hydrogens is 245 g/mol. The first-order valence-corrected chi connectivity index (χ1v) is 6.00. The van der Waals surface area contributed by atoms with Crippen LogP contribution >= 0.6 is 11.6 Å². The maximum absolute atomic E-state index is 13.3. The first-order chi connectivity index (χ1) is 6.86. The topological polar surface area (TPSA) is 66.7 Å². The van der Waals surface area contributed by atoms with Gasteiger partial charge in [-0.1, -0.05) is 16.8 Å². The summed E-state index contributed by atoms with van der Waals surface area (Å²) in [5, 5.41) is 10.5. The maximum atomic E-state index is 13.3. The van der Waals surface area contributed by atoms with E-state index in [9.17, 15) is 12.8 Å². The molecule has 15 heavy (non-hydrogen) atoms. The van der Waals surface area contributed by atoms with Gasteiger partial charge in [-0.2, -0.15) is 0 Å². The Balaban J connectivity index is 3.33. The fourth-order valence-corrected chi connectivity index (χ4v) is 1.73. The van der Waals surface area contributed by atoms with Crippen LogP contribution in [-0.4, -0.2) is 25.1 Å². The van der Waals surface area contributed by atoms with Crippen molar-refractivity contribution in [3.63, 3.8) is 0 Å². The number of oxime groups is 1. The Hall–Kier alpha value is -1.14. The summed E-state index contributed by atoms with van der Waals surface area (Å²) < 4.78 is 35.4. The van der Waals surface area contributed by atoms with Crippen LogP contribution in [0.1, 0.15) is 5.56 Å². The van der Waals surface area contributed by atoms with E-state index in [1.165, 1.54) is 6.07 Å². The molecule has 82 valence electrons. The first kappa shape index (κ1) is 11.9. The summed E-state index contributed by atoms with van der Waals surface area (Å²) >= 11 is 5.37. The van der Waals surface area contributed by atoms with Crippen molar-refractivity contribution >= 4 is 26.6 Å². The molecule has 0 saturated heterocycles. The van der Waals surface area contributed by atoms with Crippen LogP contribution in [0.25, 0.3) is 0 Å². The average Bonchev–Trinajstić information content (AvgIpc) is 2.15. The van der Waals surface area contributed by atoms with Crippen LogP contribution in [0.5, 0.6) is 0 Å². The predicted molar refractivity (Wildman–Crippen MR) is 53.7 cm³/mol. The van der Waals surface area contributed by atoms with Crippen LogP contribution < -0.4 is 0 Å². The molecule has 0 saturated carbocycles. The Bertz CT molecular complexity index is 513. The summed E-state index contributed by atoms with van der Waals surface area (Å²) in [6, 6.07) is 3.13. The molecule has 0 aliphatic heterocycles. The fourth-order valence-electron chi connectivity index (χ4n) is 0.948. The van der Waals surface area contributed by atoms with E-state index in [-0.39, 0.29) is 10.5 Å². The van der Waals surface area contributed by atoms with Gasteiger partial charge in [-0.3, -0.25) is 0 Å². The molecule has 4 nitrogen and oxygen atoms in total. The normalized spacial score (nSPS) is 12.9. The van der Waals surface area contributed by atoms with Crippen molar-refractivity contribution in [3.8, 4) is 0 Å². The summed E-state index contributed by atoms with van der Waals surface area (Å²) in [7, 11) is -3.46. The van der Waals surface area contributed by atoms with E-state index < -0.39 is 20.8 Å². The number of benzene rings is 1. The first-order valence-electron chi connectivity index (χ1n) is 3.74. The highest BCUT2D eigenvalue weighted by Gasteiger charge is 2.13. The third-order valence-electron chi connectivity index (χ3n) is 1.68. The summed E-state index contributed by atoms with van der Waals surface area (Å²) in [4.78, 5) is -0.161. The summed E-state index contributed by atoms with van der Waals surface area (Å²) in [6.07, 6.45) is 0.961. The van der Waals surface area contributed by atoms with E-state index in [1.54, 1.807) is 0 Å². The monoisotopic (exact) mass is 251 g/mol. The van der Waals surface area contributed by atoms with Gasteiger partial charge < -0.3 is 5.21 Å². The van der Waals surface area contributed by atoms with E-state index in [0.717, 1.165) is 18.4 Å². The second kappa shape index (κ2) is 4.16. The standard InChI is InChI=1S/C8H7ClFNO3S/c1-15(13,14)5-2-3-6(7(10)4-5)8(9)11-12/h2-4,12H,1H3/b11-8+. The molecule has 0 spiro atoms. The zero-order valence-electron chi connectivity index (χ0n) is 7.61. The molecular formula is C8H7ClFNO3S. The summed E-state index contributed by atoms with van der Waals surface area (Å²) in [5.41, 5.74) is -0.161. The summed E-state index contributed by atoms with van der Waals surface area (Å²) in [5.74, 6) is -0.860. The minimum Gasteiger partial charge on any atom is -0.410 e. The third kappa shape index (κ3) is 2.66. The van der Waals surface area contributed by atoms with Crippen LogP contribution in [0.4, 0.5) is 4.39 Å². The smallest absolute Gasteiger partial charge is 0.178 e. The van der Waals surface area contributed by atoms with E-state index in [2.05, 4.69) is 5.16 Å². The van der Waals surface area contributed by atoms with Crippen molar-refractivity contribution in [1.29, 1.82) is 0 Å². The lowest BCUT2D eigenvalue weighted by Crippen LogP contribution is -2.01.